The van der Waals surface area contributed by atoms with Gasteiger partial charge in [0.25, 0.3) is 0 Å². The molecule has 1 aromatic carbocycles. The lowest BCUT2D eigenvalue weighted by Crippen LogP contribution is -2.42. The second-order valence-electron chi connectivity index (χ2n) is 7.75. The van der Waals surface area contributed by atoms with Crippen molar-refractivity contribution >= 4 is 40.9 Å². The summed E-state index contributed by atoms with van der Waals surface area (Å²) in [5, 5.41) is 10.7. The quantitative estimate of drug-likeness (QED) is 0.375. The number of halogens is 3. The van der Waals surface area contributed by atoms with Gasteiger partial charge in [0, 0.05) is 47.7 Å². The Hall–Kier alpha value is -2.58. The molecule has 0 atom stereocenters. The van der Waals surface area contributed by atoms with Gasteiger partial charge in [-0.3, -0.25) is 0 Å². The van der Waals surface area contributed by atoms with Crippen LogP contribution < -0.4 is 4.74 Å². The maximum Gasteiger partial charge on any atom is 0.407 e. The number of benzene rings is 1. The minimum Gasteiger partial charge on any atom is -0.481 e. The van der Waals surface area contributed by atoms with Crippen molar-refractivity contribution in [2.45, 2.75) is 25.4 Å². The van der Waals surface area contributed by atoms with E-state index < -0.39 is 6.09 Å². The van der Waals surface area contributed by atoms with Gasteiger partial charge in [-0.05, 0) is 31.0 Å². The van der Waals surface area contributed by atoms with Gasteiger partial charge in [0.05, 0.1) is 29.4 Å². The number of rotatable bonds is 6. The monoisotopic (exact) mass is 521 g/mol. The van der Waals surface area contributed by atoms with Crippen molar-refractivity contribution in [3.05, 3.63) is 63.4 Å². The number of hydrogen-bond acceptors (Lipinski definition) is 5. The maximum absolute atomic E-state index is 11.9. The molecule has 1 aliphatic heterocycles. The van der Waals surface area contributed by atoms with Gasteiger partial charge in [-0.1, -0.05) is 53.0 Å². The topological polar surface area (TPSA) is 84.8 Å². The Labute approximate surface area is 212 Å². The standard InChI is InChI=1S/C24H22Cl3N3O4/c1-33-23-14(13-30(24(31)32)15-8-11-34-12-9-15)5-6-19(29-23)18-4-2-3-16(20(18)25)17-7-10-28-22(27)21(17)26/h2-7,10,15H,8-9,11-13H2,1H3,(H,31,32). The summed E-state index contributed by atoms with van der Waals surface area (Å²) in [4.78, 5) is 22.0. The average Bonchev–Trinajstić information content (AvgIpc) is 2.85. The predicted molar refractivity (Wildman–Crippen MR) is 132 cm³/mol. The molecule has 3 aromatic rings. The van der Waals surface area contributed by atoms with Gasteiger partial charge in [-0.15, -0.1) is 0 Å². The first-order chi connectivity index (χ1) is 16.4. The lowest BCUT2D eigenvalue weighted by Gasteiger charge is -2.32. The zero-order chi connectivity index (χ0) is 24.2. The van der Waals surface area contributed by atoms with E-state index in [0.717, 1.165) is 0 Å². The van der Waals surface area contributed by atoms with Crippen molar-refractivity contribution in [3.63, 3.8) is 0 Å². The molecule has 1 N–H and O–H groups in total. The number of methoxy groups -OCH3 is 1. The van der Waals surface area contributed by atoms with Crippen LogP contribution in [0.1, 0.15) is 18.4 Å². The summed E-state index contributed by atoms with van der Waals surface area (Å²) < 4.78 is 10.9. The minimum atomic E-state index is -0.985. The highest BCUT2D eigenvalue weighted by Crippen LogP contribution is 2.40. The summed E-state index contributed by atoms with van der Waals surface area (Å²) in [5.41, 5.74) is 3.26. The van der Waals surface area contributed by atoms with E-state index in [0.29, 0.717) is 69.9 Å². The third-order valence-electron chi connectivity index (χ3n) is 5.76. The Morgan fingerprint density at radius 2 is 1.79 bits per heavy atom. The molecule has 1 fully saturated rings. The number of hydrogen-bond donors (Lipinski definition) is 1. The highest BCUT2D eigenvalue weighted by molar-refractivity contribution is 6.43. The van der Waals surface area contributed by atoms with Crippen LogP contribution in [0.5, 0.6) is 5.88 Å². The van der Waals surface area contributed by atoms with Gasteiger partial charge in [0.1, 0.15) is 5.15 Å². The Kier molecular flexibility index (Phi) is 7.78. The minimum absolute atomic E-state index is 0.112. The van der Waals surface area contributed by atoms with Crippen LogP contribution in [0, 0.1) is 0 Å². The van der Waals surface area contributed by atoms with Gasteiger partial charge in [0.15, 0.2) is 0 Å². The fourth-order valence-corrected chi connectivity index (χ4v) is 4.71. The van der Waals surface area contributed by atoms with Crippen LogP contribution in [-0.4, -0.2) is 52.4 Å². The second-order valence-corrected chi connectivity index (χ2v) is 8.86. The summed E-state index contributed by atoms with van der Waals surface area (Å²) in [7, 11) is 1.51. The number of amides is 1. The molecule has 0 spiro atoms. The molecule has 3 heterocycles. The number of pyridine rings is 2. The van der Waals surface area contributed by atoms with Crippen LogP contribution in [-0.2, 0) is 11.3 Å². The van der Waals surface area contributed by atoms with Crippen LogP contribution >= 0.6 is 34.8 Å². The van der Waals surface area contributed by atoms with E-state index in [2.05, 4.69) is 9.97 Å². The van der Waals surface area contributed by atoms with Crippen LogP contribution in [0.15, 0.2) is 42.6 Å². The maximum atomic E-state index is 11.9. The normalized spacial score (nSPS) is 14.1. The number of carbonyl (C=O) groups is 1. The van der Waals surface area contributed by atoms with E-state index in [9.17, 15) is 9.90 Å². The Bertz CT molecular complexity index is 1200. The zero-order valence-corrected chi connectivity index (χ0v) is 20.6. The van der Waals surface area contributed by atoms with Crippen LogP contribution in [0.4, 0.5) is 4.79 Å². The molecule has 0 unspecified atom stereocenters. The molecule has 7 nitrogen and oxygen atoms in total. The van der Waals surface area contributed by atoms with Crippen LogP contribution in [0.3, 0.4) is 0 Å². The average molecular weight is 523 g/mol. The molecule has 34 heavy (non-hydrogen) atoms. The third-order valence-corrected chi connectivity index (χ3v) is 6.94. The summed E-state index contributed by atoms with van der Waals surface area (Å²) in [6.07, 6.45) is 1.89. The molecular formula is C24H22Cl3N3O4. The van der Waals surface area contributed by atoms with Gasteiger partial charge >= 0.3 is 6.09 Å². The van der Waals surface area contributed by atoms with E-state index >= 15 is 0 Å². The smallest absolute Gasteiger partial charge is 0.407 e. The van der Waals surface area contributed by atoms with Gasteiger partial charge in [-0.25, -0.2) is 14.8 Å². The lowest BCUT2D eigenvalue weighted by molar-refractivity contribution is 0.0329. The molecule has 0 saturated carbocycles. The SMILES string of the molecule is COc1nc(-c2cccc(-c3ccnc(Cl)c3Cl)c2Cl)ccc1CN(C(=O)O)C1CCOCC1. The van der Waals surface area contributed by atoms with Gasteiger partial charge in [0.2, 0.25) is 5.88 Å². The summed E-state index contributed by atoms with van der Waals surface area (Å²) >= 11 is 19.2. The van der Waals surface area contributed by atoms with Crippen molar-refractivity contribution in [2.75, 3.05) is 20.3 Å². The third kappa shape index (κ3) is 5.08. The van der Waals surface area contributed by atoms with E-state index in [1.165, 1.54) is 12.0 Å². The van der Waals surface area contributed by atoms with Crippen molar-refractivity contribution in [1.29, 1.82) is 0 Å². The van der Waals surface area contributed by atoms with Crippen molar-refractivity contribution < 1.29 is 19.4 Å². The first-order valence-corrected chi connectivity index (χ1v) is 11.7. The van der Waals surface area contributed by atoms with Crippen molar-refractivity contribution in [2.24, 2.45) is 0 Å². The van der Waals surface area contributed by atoms with E-state index in [4.69, 9.17) is 44.3 Å². The molecule has 178 valence electrons. The number of aromatic nitrogens is 2. The molecule has 4 rings (SSSR count). The molecule has 1 aliphatic rings. The molecule has 1 amide bonds. The number of carboxylic acid groups (broad SMARTS) is 1. The zero-order valence-electron chi connectivity index (χ0n) is 18.3. The highest BCUT2D eigenvalue weighted by atomic mass is 35.5. The summed E-state index contributed by atoms with van der Waals surface area (Å²) in [6.45, 7) is 1.25. The van der Waals surface area contributed by atoms with E-state index in [-0.39, 0.29) is 17.7 Å². The lowest BCUT2D eigenvalue weighted by atomic mass is 10.0. The molecule has 0 aliphatic carbocycles. The molecule has 2 aromatic heterocycles. The summed E-state index contributed by atoms with van der Waals surface area (Å²) in [5.74, 6) is 0.335. The first kappa shape index (κ1) is 24.5. The molecular weight excluding hydrogens is 501 g/mol. The van der Waals surface area contributed by atoms with Crippen LogP contribution in [0.2, 0.25) is 15.2 Å². The van der Waals surface area contributed by atoms with Gasteiger partial charge in [-0.2, -0.15) is 0 Å². The fraction of sp³-hybridized carbons (Fsp3) is 0.292. The Balaban J connectivity index is 1.68. The predicted octanol–water partition coefficient (Wildman–Crippen LogP) is 6.44. The Morgan fingerprint density at radius 3 is 2.50 bits per heavy atom. The molecule has 1 saturated heterocycles. The van der Waals surface area contributed by atoms with Crippen molar-refractivity contribution in [1.82, 2.24) is 14.9 Å². The second kappa shape index (κ2) is 10.8. The molecule has 0 radical (unpaired) electrons. The number of nitrogens with zero attached hydrogens (tertiary/aromatic N) is 3. The van der Waals surface area contributed by atoms with Crippen LogP contribution in [0.25, 0.3) is 22.4 Å². The largest absolute Gasteiger partial charge is 0.481 e. The fourth-order valence-electron chi connectivity index (χ4n) is 4.01. The Morgan fingerprint density at radius 1 is 1.09 bits per heavy atom. The summed E-state index contributed by atoms with van der Waals surface area (Å²) in [6, 6.07) is 10.8. The molecule has 10 heteroatoms. The first-order valence-electron chi connectivity index (χ1n) is 10.6. The highest BCUT2D eigenvalue weighted by Gasteiger charge is 2.27. The van der Waals surface area contributed by atoms with E-state index in [1.807, 2.05) is 24.3 Å². The van der Waals surface area contributed by atoms with Gasteiger partial charge < -0.3 is 19.5 Å². The number of ether oxygens (including phenoxy) is 2. The van der Waals surface area contributed by atoms with E-state index in [1.54, 1.807) is 18.3 Å². The molecule has 0 bridgehead atoms. The van der Waals surface area contributed by atoms with Crippen molar-refractivity contribution in [3.8, 4) is 28.3 Å².